The van der Waals surface area contributed by atoms with Crippen molar-refractivity contribution >= 4 is 5.91 Å². The first kappa shape index (κ1) is 22.2. The number of benzene rings is 2. The van der Waals surface area contributed by atoms with Crippen LogP contribution in [0.2, 0.25) is 0 Å². The topological polar surface area (TPSA) is 69.0 Å². The summed E-state index contributed by atoms with van der Waals surface area (Å²) in [6.07, 6.45) is 3.11. The molecule has 0 bridgehead atoms. The van der Waals surface area contributed by atoms with Crippen molar-refractivity contribution in [3.8, 4) is 17.3 Å². The van der Waals surface area contributed by atoms with Crippen LogP contribution in [0.15, 0.2) is 79.0 Å². The van der Waals surface area contributed by atoms with Gasteiger partial charge in [-0.25, -0.2) is 9.07 Å². The molecular weight excluding hydrogens is 419 g/mol. The highest BCUT2D eigenvalue weighted by atomic mass is 19.1. The van der Waals surface area contributed by atoms with Gasteiger partial charge in [0, 0.05) is 18.2 Å². The van der Waals surface area contributed by atoms with Crippen molar-refractivity contribution < 1.29 is 13.9 Å². The highest BCUT2D eigenvalue weighted by Crippen LogP contribution is 2.32. The number of nitrogens with zero attached hydrogens (tertiary/aromatic N) is 3. The Balaban J connectivity index is 1.58. The number of carbonyl (C=O) groups excluding carboxylic acids is 1. The van der Waals surface area contributed by atoms with Gasteiger partial charge in [-0.15, -0.1) is 0 Å². The lowest BCUT2D eigenvalue weighted by Crippen LogP contribution is -2.23. The summed E-state index contributed by atoms with van der Waals surface area (Å²) in [5, 5.41) is 7.63. The van der Waals surface area contributed by atoms with Crippen molar-refractivity contribution in [3.63, 3.8) is 0 Å². The average Bonchev–Trinajstić information content (AvgIpc) is 3.20. The van der Waals surface area contributed by atoms with Gasteiger partial charge in [0.15, 0.2) is 0 Å². The Hall–Kier alpha value is -4.00. The van der Waals surface area contributed by atoms with Crippen molar-refractivity contribution in [3.05, 3.63) is 102 Å². The van der Waals surface area contributed by atoms with Gasteiger partial charge in [0.2, 0.25) is 11.8 Å². The standard InChI is InChI=1S/C26H25FN4O2/c1-2-24-23(15-16-25(32)29-18-20-8-6-7-17-28-20)26(33-22-9-4-3-5-10-22)31(30-24)21-13-11-19(27)12-14-21/h3-14,17H,2,15-16,18H2,1H3,(H,29,32). The zero-order chi connectivity index (χ0) is 23.0. The van der Waals surface area contributed by atoms with E-state index in [-0.39, 0.29) is 18.1 Å². The highest BCUT2D eigenvalue weighted by molar-refractivity contribution is 5.76. The number of nitrogens with one attached hydrogen (secondary N) is 1. The van der Waals surface area contributed by atoms with Crippen LogP contribution in [0.25, 0.3) is 5.69 Å². The molecule has 2 heterocycles. The van der Waals surface area contributed by atoms with Gasteiger partial charge in [0.05, 0.1) is 23.6 Å². The predicted octanol–water partition coefficient (Wildman–Crippen LogP) is 5.01. The fourth-order valence-corrected chi connectivity index (χ4v) is 3.49. The third-order valence-electron chi connectivity index (χ3n) is 5.18. The lowest BCUT2D eigenvalue weighted by molar-refractivity contribution is -0.121. The number of hydrogen-bond acceptors (Lipinski definition) is 4. The minimum Gasteiger partial charge on any atom is -0.439 e. The Morgan fingerprint density at radius 3 is 2.48 bits per heavy atom. The van der Waals surface area contributed by atoms with Crippen LogP contribution in [-0.4, -0.2) is 20.7 Å². The van der Waals surface area contributed by atoms with E-state index in [1.165, 1.54) is 12.1 Å². The number of ether oxygens (including phenoxy) is 1. The number of amides is 1. The predicted molar refractivity (Wildman–Crippen MR) is 124 cm³/mol. The second kappa shape index (κ2) is 10.5. The van der Waals surface area contributed by atoms with E-state index < -0.39 is 0 Å². The number of aromatic nitrogens is 3. The maximum Gasteiger partial charge on any atom is 0.226 e. The van der Waals surface area contributed by atoms with Gasteiger partial charge in [-0.05, 0) is 61.4 Å². The molecule has 7 heteroatoms. The molecule has 0 fully saturated rings. The summed E-state index contributed by atoms with van der Waals surface area (Å²) in [6, 6.07) is 21.1. The molecule has 0 radical (unpaired) electrons. The number of para-hydroxylation sites is 1. The van der Waals surface area contributed by atoms with Crippen LogP contribution in [0.1, 0.15) is 30.3 Å². The molecular formula is C26H25FN4O2. The normalized spacial score (nSPS) is 10.7. The molecule has 0 spiro atoms. The summed E-state index contributed by atoms with van der Waals surface area (Å²) < 4.78 is 21.4. The summed E-state index contributed by atoms with van der Waals surface area (Å²) in [4.78, 5) is 16.8. The molecule has 0 aliphatic carbocycles. The molecule has 0 aliphatic heterocycles. The fourth-order valence-electron chi connectivity index (χ4n) is 3.49. The summed E-state index contributed by atoms with van der Waals surface area (Å²) in [6.45, 7) is 2.39. The van der Waals surface area contributed by atoms with Gasteiger partial charge in [-0.2, -0.15) is 5.10 Å². The van der Waals surface area contributed by atoms with E-state index in [0.717, 1.165) is 17.0 Å². The summed E-state index contributed by atoms with van der Waals surface area (Å²) in [5.41, 5.74) is 3.18. The third-order valence-corrected chi connectivity index (χ3v) is 5.18. The molecule has 6 nitrogen and oxygen atoms in total. The van der Waals surface area contributed by atoms with E-state index >= 15 is 0 Å². The van der Waals surface area contributed by atoms with Crippen molar-refractivity contribution in [1.29, 1.82) is 0 Å². The molecule has 0 saturated heterocycles. The quantitative estimate of drug-likeness (QED) is 0.394. The molecule has 168 valence electrons. The molecule has 2 aromatic heterocycles. The average molecular weight is 445 g/mol. The lowest BCUT2D eigenvalue weighted by Gasteiger charge is -2.12. The van der Waals surface area contributed by atoms with Gasteiger partial charge >= 0.3 is 0 Å². The molecule has 4 rings (SSSR count). The van der Waals surface area contributed by atoms with Crippen LogP contribution < -0.4 is 10.1 Å². The van der Waals surface area contributed by atoms with E-state index in [1.807, 2.05) is 55.5 Å². The Labute approximate surface area is 192 Å². The van der Waals surface area contributed by atoms with Gasteiger partial charge < -0.3 is 10.1 Å². The first-order chi connectivity index (χ1) is 16.1. The molecule has 0 unspecified atom stereocenters. The smallest absolute Gasteiger partial charge is 0.226 e. The van der Waals surface area contributed by atoms with Gasteiger partial charge in [-0.1, -0.05) is 31.2 Å². The molecule has 1 N–H and O–H groups in total. The number of aryl methyl sites for hydroxylation is 1. The summed E-state index contributed by atoms with van der Waals surface area (Å²) in [7, 11) is 0. The van der Waals surface area contributed by atoms with Crippen LogP contribution in [0.4, 0.5) is 4.39 Å². The molecule has 2 aromatic carbocycles. The number of hydrogen-bond donors (Lipinski definition) is 1. The first-order valence-corrected chi connectivity index (χ1v) is 10.9. The van der Waals surface area contributed by atoms with Crippen molar-refractivity contribution in [1.82, 2.24) is 20.1 Å². The van der Waals surface area contributed by atoms with Gasteiger partial charge in [0.25, 0.3) is 0 Å². The number of carbonyl (C=O) groups is 1. The van der Waals surface area contributed by atoms with Gasteiger partial charge in [-0.3, -0.25) is 9.78 Å². The first-order valence-electron chi connectivity index (χ1n) is 10.9. The van der Waals surface area contributed by atoms with E-state index in [4.69, 9.17) is 9.84 Å². The number of rotatable bonds is 9. The van der Waals surface area contributed by atoms with Crippen molar-refractivity contribution in [2.24, 2.45) is 0 Å². The van der Waals surface area contributed by atoms with Crippen molar-refractivity contribution in [2.75, 3.05) is 0 Å². The molecule has 0 atom stereocenters. The third kappa shape index (κ3) is 5.63. The number of halogens is 1. The summed E-state index contributed by atoms with van der Waals surface area (Å²) in [5.74, 6) is 0.784. The van der Waals surface area contributed by atoms with Crippen LogP contribution in [0.5, 0.6) is 11.6 Å². The van der Waals surface area contributed by atoms with Gasteiger partial charge in [0.1, 0.15) is 11.6 Å². The molecule has 33 heavy (non-hydrogen) atoms. The monoisotopic (exact) mass is 444 g/mol. The lowest BCUT2D eigenvalue weighted by atomic mass is 10.1. The Morgan fingerprint density at radius 2 is 1.79 bits per heavy atom. The second-order valence-electron chi connectivity index (χ2n) is 7.49. The maximum absolute atomic E-state index is 13.5. The number of pyridine rings is 1. The van der Waals surface area contributed by atoms with E-state index in [9.17, 15) is 9.18 Å². The van der Waals surface area contributed by atoms with Crippen molar-refractivity contribution in [2.45, 2.75) is 32.7 Å². The van der Waals surface area contributed by atoms with Crippen LogP contribution in [0.3, 0.4) is 0 Å². The fraction of sp³-hybridized carbons (Fsp3) is 0.192. The Kier molecular flexibility index (Phi) is 7.09. The largest absolute Gasteiger partial charge is 0.439 e. The Morgan fingerprint density at radius 1 is 1.03 bits per heavy atom. The highest BCUT2D eigenvalue weighted by Gasteiger charge is 2.21. The molecule has 0 saturated carbocycles. The minimum absolute atomic E-state index is 0.0806. The second-order valence-corrected chi connectivity index (χ2v) is 7.49. The van der Waals surface area contributed by atoms with Crippen LogP contribution in [-0.2, 0) is 24.2 Å². The SMILES string of the molecule is CCc1nn(-c2ccc(F)cc2)c(Oc2ccccc2)c1CCC(=O)NCc1ccccn1. The molecule has 0 aliphatic rings. The summed E-state index contributed by atoms with van der Waals surface area (Å²) >= 11 is 0. The zero-order valence-electron chi connectivity index (χ0n) is 18.4. The maximum atomic E-state index is 13.5. The zero-order valence-corrected chi connectivity index (χ0v) is 18.4. The van der Waals surface area contributed by atoms with Crippen LogP contribution in [0, 0.1) is 5.82 Å². The van der Waals surface area contributed by atoms with E-state index in [0.29, 0.717) is 36.7 Å². The van der Waals surface area contributed by atoms with E-state index in [2.05, 4.69) is 10.3 Å². The molecule has 1 amide bonds. The minimum atomic E-state index is -0.322. The Bertz CT molecular complexity index is 1190. The van der Waals surface area contributed by atoms with E-state index in [1.54, 1.807) is 23.0 Å². The van der Waals surface area contributed by atoms with Crippen LogP contribution >= 0.6 is 0 Å². The molecule has 4 aromatic rings.